The minimum atomic E-state index is -2.25. The number of nitrogens with one attached hydrogen (secondary N) is 1. The fourth-order valence-corrected chi connectivity index (χ4v) is 2.13. The average Bonchev–Trinajstić information content (AvgIpc) is 2.35. The lowest BCUT2D eigenvalue weighted by molar-refractivity contribution is -0.143. The van der Waals surface area contributed by atoms with Crippen LogP contribution in [-0.2, 0) is 16.1 Å². The first kappa shape index (κ1) is 9.63. The summed E-state index contributed by atoms with van der Waals surface area (Å²) >= 11 is -2.25. The first-order chi connectivity index (χ1) is 5.57. The van der Waals surface area contributed by atoms with Gasteiger partial charge in [-0.15, -0.1) is 0 Å². The zero-order chi connectivity index (χ0) is 9.19. The average molecular weight is 193 g/mol. The number of hydrogen-bond donors (Lipinski definition) is 3. The molecular formula is C6H11NO4S. The van der Waals surface area contributed by atoms with Crippen LogP contribution in [0.2, 0.25) is 0 Å². The largest absolute Gasteiger partial charge is 0.480 e. The molecule has 0 heterocycles. The molecule has 3 N–H and O–H groups in total. The highest BCUT2D eigenvalue weighted by molar-refractivity contribution is 7.77. The SMILES string of the molecule is O=C(O)C1(NS(=O)O)CCCC1. The lowest BCUT2D eigenvalue weighted by atomic mass is 10.0. The van der Waals surface area contributed by atoms with Gasteiger partial charge in [-0.2, -0.15) is 4.72 Å². The van der Waals surface area contributed by atoms with Crippen molar-refractivity contribution >= 4 is 17.2 Å². The van der Waals surface area contributed by atoms with E-state index in [0.29, 0.717) is 12.8 Å². The zero-order valence-electron chi connectivity index (χ0n) is 6.45. The van der Waals surface area contributed by atoms with E-state index < -0.39 is 22.8 Å². The molecule has 1 rings (SSSR count). The highest BCUT2D eigenvalue weighted by Gasteiger charge is 2.42. The maximum atomic E-state index is 10.8. The van der Waals surface area contributed by atoms with E-state index in [4.69, 9.17) is 9.66 Å². The highest BCUT2D eigenvalue weighted by Crippen LogP contribution is 2.29. The number of carbonyl (C=O) groups is 1. The molecule has 0 aromatic rings. The molecule has 0 aromatic heterocycles. The Morgan fingerprint density at radius 3 is 2.25 bits per heavy atom. The Balaban J connectivity index is 2.72. The van der Waals surface area contributed by atoms with Crippen LogP contribution in [0.25, 0.3) is 0 Å². The second-order valence-corrected chi connectivity index (χ2v) is 3.65. The van der Waals surface area contributed by atoms with Crippen molar-refractivity contribution in [3.8, 4) is 0 Å². The van der Waals surface area contributed by atoms with Crippen molar-refractivity contribution in [3.05, 3.63) is 0 Å². The van der Waals surface area contributed by atoms with Gasteiger partial charge in [0.25, 0.3) is 0 Å². The minimum Gasteiger partial charge on any atom is -0.480 e. The molecule has 0 bridgehead atoms. The molecule has 1 atom stereocenters. The maximum Gasteiger partial charge on any atom is 0.324 e. The molecule has 6 heteroatoms. The van der Waals surface area contributed by atoms with Gasteiger partial charge in [-0.1, -0.05) is 12.8 Å². The van der Waals surface area contributed by atoms with Crippen molar-refractivity contribution in [1.82, 2.24) is 4.72 Å². The second kappa shape index (κ2) is 3.51. The standard InChI is InChI=1S/C6H11NO4S/c8-5(9)6(7-12(10)11)3-1-2-4-6/h7H,1-4H2,(H,8,9)(H,10,11). The molecule has 1 unspecified atom stereocenters. The first-order valence-corrected chi connectivity index (χ1v) is 4.79. The fourth-order valence-electron chi connectivity index (χ4n) is 1.51. The van der Waals surface area contributed by atoms with Crippen molar-refractivity contribution in [2.75, 3.05) is 0 Å². The van der Waals surface area contributed by atoms with Crippen molar-refractivity contribution in [1.29, 1.82) is 0 Å². The summed E-state index contributed by atoms with van der Waals surface area (Å²) in [6, 6.07) is 0. The van der Waals surface area contributed by atoms with Gasteiger partial charge in [0.15, 0.2) is 0 Å². The van der Waals surface area contributed by atoms with Crippen molar-refractivity contribution in [3.63, 3.8) is 0 Å². The zero-order valence-corrected chi connectivity index (χ0v) is 7.26. The van der Waals surface area contributed by atoms with Gasteiger partial charge in [-0.05, 0) is 12.8 Å². The van der Waals surface area contributed by atoms with Gasteiger partial charge < -0.3 is 5.11 Å². The van der Waals surface area contributed by atoms with E-state index in [1.807, 2.05) is 0 Å². The van der Waals surface area contributed by atoms with Crippen LogP contribution in [0.1, 0.15) is 25.7 Å². The molecule has 70 valence electrons. The third-order valence-corrected chi connectivity index (χ3v) is 2.71. The summed E-state index contributed by atoms with van der Waals surface area (Å²) in [5.41, 5.74) is -1.17. The van der Waals surface area contributed by atoms with Crippen LogP contribution in [0.15, 0.2) is 0 Å². The van der Waals surface area contributed by atoms with Crippen LogP contribution >= 0.6 is 0 Å². The smallest absolute Gasteiger partial charge is 0.324 e. The number of carboxylic acid groups (broad SMARTS) is 1. The van der Waals surface area contributed by atoms with Crippen LogP contribution in [0.5, 0.6) is 0 Å². The molecule has 0 spiro atoms. The monoisotopic (exact) mass is 193 g/mol. The molecule has 0 aromatic carbocycles. The lowest BCUT2D eigenvalue weighted by Crippen LogP contribution is -2.50. The molecular weight excluding hydrogens is 182 g/mol. The highest BCUT2D eigenvalue weighted by atomic mass is 32.2. The summed E-state index contributed by atoms with van der Waals surface area (Å²) in [4.78, 5) is 10.8. The summed E-state index contributed by atoms with van der Waals surface area (Å²) < 4.78 is 21.1. The lowest BCUT2D eigenvalue weighted by Gasteiger charge is -2.22. The molecule has 5 nitrogen and oxygen atoms in total. The molecule has 0 saturated heterocycles. The van der Waals surface area contributed by atoms with Crippen molar-refractivity contribution in [2.45, 2.75) is 31.2 Å². The Morgan fingerprint density at radius 2 is 1.92 bits per heavy atom. The van der Waals surface area contributed by atoms with E-state index in [1.165, 1.54) is 0 Å². The van der Waals surface area contributed by atoms with Crippen molar-refractivity contribution < 1.29 is 18.7 Å². The van der Waals surface area contributed by atoms with Crippen LogP contribution in [0.4, 0.5) is 0 Å². The third-order valence-electron chi connectivity index (χ3n) is 2.15. The predicted molar refractivity (Wildman–Crippen MR) is 42.7 cm³/mol. The molecule has 1 aliphatic rings. The minimum absolute atomic E-state index is 0.425. The normalized spacial score (nSPS) is 23.8. The third kappa shape index (κ3) is 1.82. The van der Waals surface area contributed by atoms with E-state index in [0.717, 1.165) is 12.8 Å². The molecule has 0 radical (unpaired) electrons. The van der Waals surface area contributed by atoms with Gasteiger partial charge in [0.05, 0.1) is 0 Å². The summed E-state index contributed by atoms with van der Waals surface area (Å²) in [7, 11) is 0. The number of carboxylic acids is 1. The van der Waals surface area contributed by atoms with E-state index >= 15 is 0 Å². The van der Waals surface area contributed by atoms with E-state index in [2.05, 4.69) is 4.72 Å². The summed E-state index contributed by atoms with van der Waals surface area (Å²) in [6.07, 6.45) is 2.43. The molecule has 1 fully saturated rings. The maximum absolute atomic E-state index is 10.8. The quantitative estimate of drug-likeness (QED) is 0.555. The van der Waals surface area contributed by atoms with Gasteiger partial charge >= 0.3 is 5.97 Å². The Hall–Kier alpha value is -0.460. The molecule has 0 aliphatic heterocycles. The number of rotatable bonds is 3. The van der Waals surface area contributed by atoms with Gasteiger partial charge in [0, 0.05) is 0 Å². The Morgan fingerprint density at radius 1 is 1.42 bits per heavy atom. The Bertz CT molecular complexity index is 212. The fraction of sp³-hybridized carbons (Fsp3) is 0.833. The molecule has 1 aliphatic carbocycles. The van der Waals surface area contributed by atoms with Crippen molar-refractivity contribution in [2.24, 2.45) is 0 Å². The van der Waals surface area contributed by atoms with Crippen LogP contribution < -0.4 is 4.72 Å². The Kier molecular flexibility index (Phi) is 2.81. The molecule has 0 amide bonds. The first-order valence-electron chi connectivity index (χ1n) is 3.69. The number of hydrogen-bond acceptors (Lipinski definition) is 2. The van der Waals surface area contributed by atoms with Crippen LogP contribution in [0.3, 0.4) is 0 Å². The summed E-state index contributed by atoms with van der Waals surface area (Å²) in [6.45, 7) is 0. The summed E-state index contributed by atoms with van der Waals surface area (Å²) in [5, 5.41) is 8.80. The van der Waals surface area contributed by atoms with Gasteiger partial charge in [-0.25, -0.2) is 4.21 Å². The Labute approximate surface area is 72.6 Å². The van der Waals surface area contributed by atoms with Crippen LogP contribution in [0, 0.1) is 0 Å². The molecule has 1 saturated carbocycles. The topological polar surface area (TPSA) is 86.6 Å². The summed E-state index contributed by atoms with van der Waals surface area (Å²) in [5.74, 6) is -1.04. The van der Waals surface area contributed by atoms with E-state index in [-0.39, 0.29) is 0 Å². The predicted octanol–water partition coefficient (Wildman–Crippen LogP) is 0.110. The van der Waals surface area contributed by atoms with Gasteiger partial charge in [-0.3, -0.25) is 9.35 Å². The number of aliphatic carboxylic acids is 1. The van der Waals surface area contributed by atoms with Gasteiger partial charge in [0.2, 0.25) is 11.3 Å². The van der Waals surface area contributed by atoms with Crippen LogP contribution in [-0.4, -0.2) is 25.4 Å². The van der Waals surface area contributed by atoms with E-state index in [9.17, 15) is 9.00 Å². The molecule has 12 heavy (non-hydrogen) atoms. The second-order valence-electron chi connectivity index (χ2n) is 2.95. The van der Waals surface area contributed by atoms with E-state index in [1.54, 1.807) is 0 Å². The van der Waals surface area contributed by atoms with Gasteiger partial charge in [0.1, 0.15) is 5.54 Å².